The van der Waals surface area contributed by atoms with E-state index >= 15 is 0 Å². The summed E-state index contributed by atoms with van der Waals surface area (Å²) in [5.74, 6) is 0.0306. The zero-order chi connectivity index (χ0) is 18.0. The van der Waals surface area contributed by atoms with E-state index in [1.54, 1.807) is 7.05 Å². The van der Waals surface area contributed by atoms with Gasteiger partial charge in [-0.2, -0.15) is 0 Å². The Morgan fingerprint density at radius 1 is 0.957 bits per heavy atom. The monoisotopic (exact) mass is 328 g/mol. The number of carbonyl (C=O) groups is 2. The molecule has 0 radical (unpaired) electrons. The van der Waals surface area contributed by atoms with Crippen molar-refractivity contribution >= 4 is 11.8 Å². The van der Waals surface area contributed by atoms with Gasteiger partial charge in [-0.05, 0) is 32.6 Å². The van der Waals surface area contributed by atoms with Crippen LogP contribution in [0, 0.1) is 11.8 Å². The summed E-state index contributed by atoms with van der Waals surface area (Å²) in [5.41, 5.74) is 0. The van der Waals surface area contributed by atoms with E-state index < -0.39 is 6.04 Å². The predicted octanol–water partition coefficient (Wildman–Crippen LogP) is 2.88. The van der Waals surface area contributed by atoms with Gasteiger partial charge in [0.2, 0.25) is 11.8 Å². The number of nitrogens with one attached hydrogen (secondary N) is 2. The first kappa shape index (κ1) is 21.9. The Bertz CT molecular complexity index is 360. The number of ether oxygens (including phenoxy) is 1. The zero-order valence-corrected chi connectivity index (χ0v) is 15.9. The third-order valence-electron chi connectivity index (χ3n) is 4.63. The van der Waals surface area contributed by atoms with Crippen molar-refractivity contribution in [3.63, 3.8) is 0 Å². The van der Waals surface area contributed by atoms with Gasteiger partial charge in [0.15, 0.2) is 0 Å². The molecular weight excluding hydrogens is 292 g/mol. The maximum Gasteiger partial charge on any atom is 0.245 e. The lowest BCUT2D eigenvalue weighted by Gasteiger charge is -2.30. The second-order valence-corrected chi connectivity index (χ2v) is 6.41. The Morgan fingerprint density at radius 3 is 2.00 bits per heavy atom. The van der Waals surface area contributed by atoms with Gasteiger partial charge in [-0.25, -0.2) is 0 Å². The maximum absolute atomic E-state index is 12.1. The number of hydrogen-bond donors (Lipinski definition) is 2. The summed E-state index contributed by atoms with van der Waals surface area (Å²) in [6.07, 6.45) is 3.70. The van der Waals surface area contributed by atoms with Gasteiger partial charge in [-0.3, -0.25) is 9.59 Å². The van der Waals surface area contributed by atoms with Gasteiger partial charge in [-0.15, -0.1) is 0 Å². The predicted molar refractivity (Wildman–Crippen MR) is 94.2 cm³/mol. The van der Waals surface area contributed by atoms with Crippen LogP contribution in [0.2, 0.25) is 0 Å². The van der Waals surface area contributed by atoms with Gasteiger partial charge in [-0.1, -0.05) is 40.5 Å². The second kappa shape index (κ2) is 11.4. The van der Waals surface area contributed by atoms with Gasteiger partial charge >= 0.3 is 0 Å². The average molecular weight is 328 g/mol. The lowest BCUT2D eigenvalue weighted by atomic mass is 9.95. The summed E-state index contributed by atoms with van der Waals surface area (Å²) in [4.78, 5) is 24.3. The summed E-state index contributed by atoms with van der Waals surface area (Å²) < 4.78 is 6.08. The molecule has 0 aliphatic rings. The molecular formula is C18H36N2O3. The van der Waals surface area contributed by atoms with E-state index in [0.29, 0.717) is 5.92 Å². The lowest BCUT2D eigenvalue weighted by Crippen LogP contribution is -2.54. The van der Waals surface area contributed by atoms with E-state index in [-0.39, 0.29) is 29.9 Å². The highest BCUT2D eigenvalue weighted by Gasteiger charge is 2.30. The normalized spacial score (nSPS) is 17.7. The first-order chi connectivity index (χ1) is 10.8. The molecule has 5 heteroatoms. The largest absolute Gasteiger partial charge is 0.373 e. The molecule has 0 aliphatic carbocycles. The van der Waals surface area contributed by atoms with Crippen LogP contribution in [0.3, 0.4) is 0 Å². The minimum absolute atomic E-state index is 0.0580. The Morgan fingerprint density at radius 2 is 1.57 bits per heavy atom. The third-order valence-corrected chi connectivity index (χ3v) is 4.63. The van der Waals surface area contributed by atoms with E-state index in [1.165, 1.54) is 0 Å². The van der Waals surface area contributed by atoms with Crippen LogP contribution >= 0.6 is 0 Å². The van der Waals surface area contributed by atoms with Crippen molar-refractivity contribution in [2.24, 2.45) is 11.8 Å². The molecule has 0 heterocycles. The molecule has 136 valence electrons. The third kappa shape index (κ3) is 7.34. The Hall–Kier alpha value is -1.10. The molecule has 0 aliphatic heterocycles. The van der Waals surface area contributed by atoms with E-state index in [1.807, 2.05) is 20.8 Å². The van der Waals surface area contributed by atoms with Crippen molar-refractivity contribution in [1.29, 1.82) is 0 Å². The van der Waals surface area contributed by atoms with Crippen LogP contribution in [0.1, 0.15) is 67.2 Å². The van der Waals surface area contributed by atoms with E-state index in [4.69, 9.17) is 4.74 Å². The van der Waals surface area contributed by atoms with E-state index in [2.05, 4.69) is 31.4 Å². The number of hydrogen-bond acceptors (Lipinski definition) is 3. The summed E-state index contributed by atoms with van der Waals surface area (Å²) in [6.45, 7) is 12.0. The summed E-state index contributed by atoms with van der Waals surface area (Å²) in [5, 5.41) is 5.45. The van der Waals surface area contributed by atoms with Gasteiger partial charge in [0, 0.05) is 13.0 Å². The molecule has 0 saturated carbocycles. The minimum atomic E-state index is -0.664. The van der Waals surface area contributed by atoms with Crippen molar-refractivity contribution in [3.05, 3.63) is 0 Å². The molecule has 0 fully saturated rings. The van der Waals surface area contributed by atoms with Crippen molar-refractivity contribution in [1.82, 2.24) is 10.6 Å². The van der Waals surface area contributed by atoms with Gasteiger partial charge in [0.1, 0.15) is 6.04 Å². The summed E-state index contributed by atoms with van der Waals surface area (Å²) in [6, 6.07) is -0.664. The summed E-state index contributed by atoms with van der Waals surface area (Å²) in [7, 11) is 1.58. The second-order valence-electron chi connectivity index (χ2n) is 6.41. The highest BCUT2D eigenvalue weighted by molar-refractivity contribution is 5.88. The van der Waals surface area contributed by atoms with Crippen LogP contribution in [-0.4, -0.2) is 37.1 Å². The number of rotatable bonds is 11. The van der Waals surface area contributed by atoms with Gasteiger partial charge in [0.25, 0.3) is 0 Å². The number of carbonyl (C=O) groups excluding carboxylic acids is 2. The van der Waals surface area contributed by atoms with Crippen LogP contribution in [0.5, 0.6) is 0 Å². The molecule has 0 aromatic rings. The molecule has 23 heavy (non-hydrogen) atoms. The standard InChI is InChI=1S/C18H36N2O3/c1-8-11-15(10-3)13(5)23-14(6)16(18(22)19-7)20-17(21)12(4)9-2/h12-16H,8-11H2,1-7H3,(H,19,22)(H,20,21). The van der Waals surface area contributed by atoms with Crippen LogP contribution in [-0.2, 0) is 14.3 Å². The lowest BCUT2D eigenvalue weighted by molar-refractivity contribution is -0.136. The molecule has 5 nitrogen and oxygen atoms in total. The Balaban J connectivity index is 4.90. The topological polar surface area (TPSA) is 67.4 Å². The maximum atomic E-state index is 12.1. The Labute approximate surface area is 141 Å². The van der Waals surface area contributed by atoms with Crippen molar-refractivity contribution in [2.45, 2.75) is 85.5 Å². The van der Waals surface area contributed by atoms with E-state index in [9.17, 15) is 9.59 Å². The van der Waals surface area contributed by atoms with E-state index in [0.717, 1.165) is 25.7 Å². The first-order valence-electron chi connectivity index (χ1n) is 8.99. The van der Waals surface area contributed by atoms with Gasteiger partial charge in [0.05, 0.1) is 12.2 Å². The van der Waals surface area contributed by atoms with Crippen LogP contribution in [0.15, 0.2) is 0 Å². The Kier molecular flexibility index (Phi) is 10.9. The van der Waals surface area contributed by atoms with Crippen molar-refractivity contribution in [3.8, 4) is 0 Å². The van der Waals surface area contributed by atoms with Crippen LogP contribution < -0.4 is 10.6 Å². The smallest absolute Gasteiger partial charge is 0.245 e. The van der Waals surface area contributed by atoms with Crippen LogP contribution in [0.4, 0.5) is 0 Å². The summed E-state index contributed by atoms with van der Waals surface area (Å²) >= 11 is 0. The average Bonchev–Trinajstić information content (AvgIpc) is 2.55. The quantitative estimate of drug-likeness (QED) is 0.613. The SMILES string of the molecule is CCCC(CC)C(C)OC(C)C(NC(=O)C(C)CC)C(=O)NC. The molecule has 0 aromatic carbocycles. The molecule has 0 aromatic heterocycles. The molecule has 5 unspecified atom stereocenters. The van der Waals surface area contributed by atoms with Crippen molar-refractivity contribution in [2.75, 3.05) is 7.05 Å². The van der Waals surface area contributed by atoms with Gasteiger partial charge < -0.3 is 15.4 Å². The number of likely N-dealkylation sites (N-methyl/N-ethyl adjacent to an activating group) is 1. The zero-order valence-electron chi connectivity index (χ0n) is 15.9. The van der Waals surface area contributed by atoms with Crippen molar-refractivity contribution < 1.29 is 14.3 Å². The molecule has 2 amide bonds. The van der Waals surface area contributed by atoms with Crippen LogP contribution in [0.25, 0.3) is 0 Å². The first-order valence-corrected chi connectivity index (χ1v) is 8.99. The number of amides is 2. The minimum Gasteiger partial charge on any atom is -0.373 e. The fraction of sp³-hybridized carbons (Fsp3) is 0.889. The highest BCUT2D eigenvalue weighted by atomic mass is 16.5. The molecule has 0 spiro atoms. The molecule has 0 bridgehead atoms. The molecule has 2 N–H and O–H groups in total. The molecule has 0 saturated heterocycles. The molecule has 0 rings (SSSR count). The molecule has 5 atom stereocenters. The fourth-order valence-electron chi connectivity index (χ4n) is 2.70. The highest BCUT2D eigenvalue weighted by Crippen LogP contribution is 2.20. The fourth-order valence-corrected chi connectivity index (χ4v) is 2.70.